The predicted molar refractivity (Wildman–Crippen MR) is 92.4 cm³/mol. The number of nitrogen functional groups attached to an aromatic ring is 2. The summed E-state index contributed by atoms with van der Waals surface area (Å²) < 4.78 is 5.22. The van der Waals surface area contributed by atoms with E-state index in [1.54, 1.807) is 30.3 Å². The molecule has 2 aromatic carbocycles. The van der Waals surface area contributed by atoms with Gasteiger partial charge in [0, 0.05) is 16.9 Å². The van der Waals surface area contributed by atoms with Crippen LogP contribution in [0.1, 0.15) is 15.9 Å². The maximum absolute atomic E-state index is 12.1. The molecule has 122 valence electrons. The summed E-state index contributed by atoms with van der Waals surface area (Å²) >= 11 is 0. The van der Waals surface area contributed by atoms with Crippen LogP contribution >= 0.6 is 0 Å². The highest BCUT2D eigenvalue weighted by atomic mass is 16.5. The molecule has 0 aliphatic carbocycles. The molecule has 0 atom stereocenters. The van der Waals surface area contributed by atoms with Gasteiger partial charge in [0.05, 0.1) is 29.6 Å². The molecule has 1 aromatic heterocycles. The number of carbonyl (C=O) groups is 1. The molecule has 7 heteroatoms. The number of nitrogens with zero attached hydrogens (tertiary/aromatic N) is 3. The third-order valence-corrected chi connectivity index (χ3v) is 3.32. The lowest BCUT2D eigenvalue weighted by molar-refractivity contribution is 0.0733. The number of benzene rings is 2. The molecule has 3 rings (SSSR count). The van der Waals surface area contributed by atoms with Crippen LogP contribution in [0.25, 0.3) is 11.4 Å². The van der Waals surface area contributed by atoms with Crippen molar-refractivity contribution >= 4 is 17.3 Å². The van der Waals surface area contributed by atoms with E-state index >= 15 is 0 Å². The van der Waals surface area contributed by atoms with E-state index in [9.17, 15) is 4.79 Å². The number of carbonyl (C=O) groups excluding carboxylic acids is 1. The molecule has 0 saturated carbocycles. The standard InChI is InChI=1S/C18H13N5O2/c19-8-11-1-3-12(4-2-11)17-22-9-16(10-23-17)25-18(24)13-5-14(20)7-15(21)6-13/h1-7,9-10H,20-21H2. The average molecular weight is 331 g/mol. The minimum absolute atomic E-state index is 0.198. The SMILES string of the molecule is N#Cc1ccc(-c2ncc(OC(=O)c3cc(N)cc(N)c3)cn2)cc1. The minimum atomic E-state index is -0.603. The number of aromatic nitrogens is 2. The van der Waals surface area contributed by atoms with Gasteiger partial charge in [-0.1, -0.05) is 0 Å². The first-order chi connectivity index (χ1) is 12.0. The second kappa shape index (κ2) is 6.68. The van der Waals surface area contributed by atoms with E-state index in [1.165, 1.54) is 24.5 Å². The summed E-state index contributed by atoms with van der Waals surface area (Å²) in [4.78, 5) is 20.5. The van der Waals surface area contributed by atoms with Crippen LogP contribution in [0.15, 0.2) is 54.9 Å². The fraction of sp³-hybridized carbons (Fsp3) is 0. The number of esters is 1. The third-order valence-electron chi connectivity index (χ3n) is 3.32. The van der Waals surface area contributed by atoms with Gasteiger partial charge in [0.1, 0.15) is 0 Å². The Hall–Kier alpha value is -3.92. The lowest BCUT2D eigenvalue weighted by Crippen LogP contribution is -2.10. The number of hydrogen-bond acceptors (Lipinski definition) is 7. The number of rotatable bonds is 3. The van der Waals surface area contributed by atoms with Crippen molar-refractivity contribution in [2.75, 3.05) is 11.5 Å². The molecule has 0 spiro atoms. The molecule has 3 aromatic rings. The summed E-state index contributed by atoms with van der Waals surface area (Å²) in [5, 5.41) is 8.80. The highest BCUT2D eigenvalue weighted by molar-refractivity contribution is 5.93. The van der Waals surface area contributed by atoms with E-state index in [0.29, 0.717) is 22.8 Å². The smallest absolute Gasteiger partial charge is 0.343 e. The molecule has 0 unspecified atom stereocenters. The van der Waals surface area contributed by atoms with Crippen molar-refractivity contribution in [3.8, 4) is 23.2 Å². The van der Waals surface area contributed by atoms with Gasteiger partial charge in [-0.2, -0.15) is 5.26 Å². The van der Waals surface area contributed by atoms with Gasteiger partial charge >= 0.3 is 5.97 Å². The Labute approximate surface area is 143 Å². The van der Waals surface area contributed by atoms with Crippen LogP contribution in [0.2, 0.25) is 0 Å². The monoisotopic (exact) mass is 331 g/mol. The quantitative estimate of drug-likeness (QED) is 0.557. The second-order valence-electron chi connectivity index (χ2n) is 5.21. The molecule has 25 heavy (non-hydrogen) atoms. The molecule has 4 N–H and O–H groups in total. The zero-order valence-corrected chi connectivity index (χ0v) is 13.0. The molecule has 0 aliphatic rings. The molecular formula is C18H13N5O2. The zero-order valence-electron chi connectivity index (χ0n) is 13.0. The minimum Gasteiger partial charge on any atom is -0.420 e. The summed E-state index contributed by atoms with van der Waals surface area (Å²) in [6, 6.07) is 13.4. The van der Waals surface area contributed by atoms with Crippen LogP contribution in [-0.4, -0.2) is 15.9 Å². The van der Waals surface area contributed by atoms with Gasteiger partial charge in [-0.05, 0) is 42.5 Å². The maximum atomic E-state index is 12.1. The van der Waals surface area contributed by atoms with Crippen LogP contribution in [-0.2, 0) is 0 Å². The molecule has 0 radical (unpaired) electrons. The summed E-state index contributed by atoms with van der Waals surface area (Å²) in [6.45, 7) is 0. The molecule has 7 nitrogen and oxygen atoms in total. The van der Waals surface area contributed by atoms with Crippen molar-refractivity contribution in [1.82, 2.24) is 9.97 Å². The number of anilines is 2. The Kier molecular flexibility index (Phi) is 4.26. The van der Waals surface area contributed by atoms with Crippen molar-refractivity contribution in [3.05, 3.63) is 66.0 Å². The van der Waals surface area contributed by atoms with E-state index < -0.39 is 5.97 Å². The van der Waals surface area contributed by atoms with Crippen LogP contribution < -0.4 is 16.2 Å². The highest BCUT2D eigenvalue weighted by Gasteiger charge is 2.11. The molecule has 0 saturated heterocycles. The van der Waals surface area contributed by atoms with E-state index in [-0.39, 0.29) is 11.3 Å². The largest absolute Gasteiger partial charge is 0.420 e. The first kappa shape index (κ1) is 16.0. The molecule has 0 bridgehead atoms. The Morgan fingerprint density at radius 3 is 2.16 bits per heavy atom. The molecule has 1 heterocycles. The van der Waals surface area contributed by atoms with Gasteiger partial charge in [0.25, 0.3) is 0 Å². The van der Waals surface area contributed by atoms with E-state index in [4.69, 9.17) is 21.5 Å². The van der Waals surface area contributed by atoms with Crippen molar-refractivity contribution in [3.63, 3.8) is 0 Å². The summed E-state index contributed by atoms with van der Waals surface area (Å²) in [5.74, 6) is 0.0506. The topological polar surface area (TPSA) is 128 Å². The summed E-state index contributed by atoms with van der Waals surface area (Å²) in [6.07, 6.45) is 2.79. The Balaban J connectivity index is 1.76. The number of nitriles is 1. The van der Waals surface area contributed by atoms with Crippen LogP contribution in [0.5, 0.6) is 5.75 Å². The van der Waals surface area contributed by atoms with Gasteiger partial charge in [0.2, 0.25) is 0 Å². The zero-order chi connectivity index (χ0) is 17.8. The second-order valence-corrected chi connectivity index (χ2v) is 5.21. The lowest BCUT2D eigenvalue weighted by atomic mass is 10.1. The fourth-order valence-corrected chi connectivity index (χ4v) is 2.17. The third kappa shape index (κ3) is 3.71. The number of nitrogens with two attached hydrogens (primary N) is 2. The molecular weight excluding hydrogens is 318 g/mol. The fourth-order valence-electron chi connectivity index (χ4n) is 2.17. The van der Waals surface area contributed by atoms with Crippen LogP contribution in [0.3, 0.4) is 0 Å². The van der Waals surface area contributed by atoms with Crippen LogP contribution in [0, 0.1) is 11.3 Å². The Morgan fingerprint density at radius 2 is 1.60 bits per heavy atom. The highest BCUT2D eigenvalue weighted by Crippen LogP contribution is 2.19. The predicted octanol–water partition coefficient (Wildman–Crippen LogP) is 2.40. The van der Waals surface area contributed by atoms with Crippen molar-refractivity contribution in [1.29, 1.82) is 5.26 Å². The molecule has 0 fully saturated rings. The van der Waals surface area contributed by atoms with Gasteiger partial charge in [0.15, 0.2) is 11.6 Å². The lowest BCUT2D eigenvalue weighted by Gasteiger charge is -2.06. The number of ether oxygens (including phenoxy) is 1. The van der Waals surface area contributed by atoms with Gasteiger partial charge in [-0.15, -0.1) is 0 Å². The summed E-state index contributed by atoms with van der Waals surface area (Å²) in [5.41, 5.74) is 13.6. The number of hydrogen-bond donors (Lipinski definition) is 2. The van der Waals surface area contributed by atoms with E-state index in [1.807, 2.05) is 6.07 Å². The van der Waals surface area contributed by atoms with E-state index in [0.717, 1.165) is 5.56 Å². The maximum Gasteiger partial charge on any atom is 0.343 e. The Morgan fingerprint density at radius 1 is 1.00 bits per heavy atom. The summed E-state index contributed by atoms with van der Waals surface area (Å²) in [7, 11) is 0. The van der Waals surface area contributed by atoms with E-state index in [2.05, 4.69) is 9.97 Å². The van der Waals surface area contributed by atoms with Crippen LogP contribution in [0.4, 0.5) is 11.4 Å². The van der Waals surface area contributed by atoms with Crippen molar-refractivity contribution in [2.24, 2.45) is 0 Å². The normalized spacial score (nSPS) is 10.0. The van der Waals surface area contributed by atoms with Gasteiger partial charge < -0.3 is 16.2 Å². The average Bonchev–Trinajstić information content (AvgIpc) is 2.61. The van der Waals surface area contributed by atoms with Crippen molar-refractivity contribution < 1.29 is 9.53 Å². The first-order valence-electron chi connectivity index (χ1n) is 7.26. The van der Waals surface area contributed by atoms with Crippen molar-refractivity contribution in [2.45, 2.75) is 0 Å². The van der Waals surface area contributed by atoms with Gasteiger partial charge in [-0.25, -0.2) is 14.8 Å². The first-order valence-corrected chi connectivity index (χ1v) is 7.26. The Bertz CT molecular complexity index is 940. The molecule has 0 amide bonds. The van der Waals surface area contributed by atoms with Gasteiger partial charge in [-0.3, -0.25) is 0 Å². The molecule has 0 aliphatic heterocycles.